The Morgan fingerprint density at radius 1 is 1.25 bits per heavy atom. The van der Waals surface area contributed by atoms with Crippen molar-refractivity contribution in [3.8, 4) is 0 Å². The summed E-state index contributed by atoms with van der Waals surface area (Å²) in [5.74, 6) is 0. The lowest BCUT2D eigenvalue weighted by molar-refractivity contribution is 0.823. The van der Waals surface area contributed by atoms with Crippen molar-refractivity contribution in [2.24, 2.45) is 0 Å². The van der Waals surface area contributed by atoms with Gasteiger partial charge in [0.05, 0.1) is 0 Å². The maximum absolute atomic E-state index is 4.10. The number of fused-ring (bicyclic) bond motifs is 1. The quantitative estimate of drug-likeness (QED) is 0.543. The van der Waals surface area contributed by atoms with Crippen LogP contribution in [0, 0.1) is 6.92 Å². The second-order valence-corrected chi connectivity index (χ2v) is 3.62. The van der Waals surface area contributed by atoms with Gasteiger partial charge in [0.2, 0.25) is 0 Å². The van der Waals surface area contributed by atoms with E-state index in [1.807, 2.05) is 0 Å². The number of allylic oxidation sites excluding steroid dienone is 1. The van der Waals surface area contributed by atoms with Crippen molar-refractivity contribution in [2.45, 2.75) is 26.2 Å². The fourth-order valence-electron chi connectivity index (χ4n) is 1.86. The van der Waals surface area contributed by atoms with Crippen LogP contribution < -0.4 is 0 Å². The van der Waals surface area contributed by atoms with Crippen LogP contribution in [0.3, 0.4) is 0 Å². The van der Waals surface area contributed by atoms with E-state index in [-0.39, 0.29) is 0 Å². The van der Waals surface area contributed by atoms with Gasteiger partial charge in [-0.15, -0.1) is 0 Å². The van der Waals surface area contributed by atoms with Gasteiger partial charge in [-0.05, 0) is 42.9 Å². The molecule has 0 amide bonds. The van der Waals surface area contributed by atoms with Crippen molar-refractivity contribution in [1.29, 1.82) is 0 Å². The maximum atomic E-state index is 4.10. The summed E-state index contributed by atoms with van der Waals surface area (Å²) in [6.45, 7) is 6.24. The highest BCUT2D eigenvalue weighted by Gasteiger charge is 2.11. The van der Waals surface area contributed by atoms with Gasteiger partial charge < -0.3 is 0 Å². The Hall–Kier alpha value is -1.04. The minimum atomic E-state index is 1.18. The summed E-state index contributed by atoms with van der Waals surface area (Å²) in [4.78, 5) is 0. The third kappa shape index (κ3) is 1.18. The number of aryl methyl sites for hydroxylation is 2. The zero-order valence-electron chi connectivity index (χ0n) is 7.56. The van der Waals surface area contributed by atoms with Crippen molar-refractivity contribution in [3.63, 3.8) is 0 Å². The lowest BCUT2D eigenvalue weighted by Crippen LogP contribution is -2.00. The Balaban J connectivity index is 2.54. The molecule has 0 aliphatic heterocycles. The van der Waals surface area contributed by atoms with Crippen LogP contribution in [0.2, 0.25) is 0 Å². The topological polar surface area (TPSA) is 0 Å². The Bertz CT molecular complexity index is 321. The lowest BCUT2D eigenvalue weighted by Gasteiger charge is -2.18. The first-order chi connectivity index (χ1) is 5.77. The number of benzene rings is 1. The zero-order chi connectivity index (χ0) is 8.55. The van der Waals surface area contributed by atoms with Gasteiger partial charge in [-0.2, -0.15) is 0 Å². The Morgan fingerprint density at radius 3 is 2.92 bits per heavy atom. The van der Waals surface area contributed by atoms with Crippen molar-refractivity contribution in [1.82, 2.24) is 0 Å². The first-order valence-corrected chi connectivity index (χ1v) is 4.55. The molecule has 0 saturated heterocycles. The van der Waals surface area contributed by atoms with E-state index >= 15 is 0 Å². The highest BCUT2D eigenvalue weighted by Crippen LogP contribution is 2.29. The van der Waals surface area contributed by atoms with Gasteiger partial charge in [-0.25, -0.2) is 0 Å². The summed E-state index contributed by atoms with van der Waals surface area (Å²) >= 11 is 0. The molecule has 0 radical (unpaired) electrons. The third-order valence-electron chi connectivity index (χ3n) is 2.57. The number of hydrogen-bond donors (Lipinski definition) is 0. The average Bonchev–Trinajstić information content (AvgIpc) is 2.07. The molecule has 0 bridgehead atoms. The first kappa shape index (κ1) is 7.60. The first-order valence-electron chi connectivity index (χ1n) is 4.55. The molecule has 0 saturated carbocycles. The van der Waals surface area contributed by atoms with Crippen LogP contribution in [-0.4, -0.2) is 0 Å². The summed E-state index contributed by atoms with van der Waals surface area (Å²) in [6, 6.07) is 6.70. The van der Waals surface area contributed by atoms with Crippen LogP contribution >= 0.6 is 0 Å². The largest absolute Gasteiger partial charge is 0.0952 e. The van der Waals surface area contributed by atoms with E-state index in [9.17, 15) is 0 Å². The molecule has 0 N–H and O–H groups in total. The molecule has 0 heteroatoms. The summed E-state index contributed by atoms with van der Waals surface area (Å²) in [6.07, 6.45) is 3.68. The van der Waals surface area contributed by atoms with Gasteiger partial charge in [0.15, 0.2) is 0 Å². The van der Waals surface area contributed by atoms with E-state index in [1.54, 1.807) is 0 Å². The van der Waals surface area contributed by atoms with Gasteiger partial charge in [0.1, 0.15) is 0 Å². The second-order valence-electron chi connectivity index (χ2n) is 3.62. The summed E-state index contributed by atoms with van der Waals surface area (Å²) in [5, 5.41) is 0. The van der Waals surface area contributed by atoms with Gasteiger partial charge in [-0.3, -0.25) is 0 Å². The van der Waals surface area contributed by atoms with Crippen LogP contribution in [0.1, 0.15) is 29.5 Å². The van der Waals surface area contributed by atoms with Crippen molar-refractivity contribution >= 4 is 5.57 Å². The summed E-state index contributed by atoms with van der Waals surface area (Å²) < 4.78 is 0. The molecule has 0 atom stereocenters. The average molecular weight is 158 g/mol. The van der Waals surface area contributed by atoms with Crippen molar-refractivity contribution < 1.29 is 0 Å². The van der Waals surface area contributed by atoms with Crippen molar-refractivity contribution in [2.75, 3.05) is 0 Å². The predicted octanol–water partition coefficient (Wildman–Crippen LogP) is 3.34. The Morgan fingerprint density at radius 2 is 2.08 bits per heavy atom. The van der Waals surface area contributed by atoms with Gasteiger partial charge in [0.25, 0.3) is 0 Å². The van der Waals surface area contributed by atoms with Gasteiger partial charge in [0, 0.05) is 0 Å². The van der Waals surface area contributed by atoms with Gasteiger partial charge >= 0.3 is 0 Å². The number of rotatable bonds is 0. The van der Waals surface area contributed by atoms with E-state index in [2.05, 4.69) is 31.7 Å². The molecular formula is C12H14. The fraction of sp³-hybridized carbons (Fsp3) is 0.333. The van der Waals surface area contributed by atoms with Crippen molar-refractivity contribution in [3.05, 3.63) is 41.5 Å². The second kappa shape index (κ2) is 2.78. The molecule has 0 heterocycles. The molecule has 0 fully saturated rings. The van der Waals surface area contributed by atoms with E-state index in [1.165, 1.54) is 41.5 Å². The monoisotopic (exact) mass is 158 g/mol. The summed E-state index contributed by atoms with van der Waals surface area (Å²) in [5.41, 5.74) is 5.55. The molecule has 12 heavy (non-hydrogen) atoms. The highest BCUT2D eigenvalue weighted by atomic mass is 14.2. The molecule has 1 aromatic carbocycles. The van der Waals surface area contributed by atoms with Crippen LogP contribution in [0.5, 0.6) is 0 Å². The Labute approximate surface area is 73.9 Å². The lowest BCUT2D eigenvalue weighted by atomic mass is 9.87. The fourth-order valence-corrected chi connectivity index (χ4v) is 1.86. The maximum Gasteiger partial charge on any atom is -0.0196 e. The smallest absolute Gasteiger partial charge is 0.0196 e. The highest BCUT2D eigenvalue weighted by molar-refractivity contribution is 5.68. The van der Waals surface area contributed by atoms with Crippen LogP contribution in [0.25, 0.3) is 5.57 Å². The molecule has 1 aromatic rings. The molecule has 0 unspecified atom stereocenters. The van der Waals surface area contributed by atoms with Gasteiger partial charge in [-0.1, -0.05) is 30.3 Å². The minimum absolute atomic E-state index is 1.18. The Kier molecular flexibility index (Phi) is 1.76. The van der Waals surface area contributed by atoms with Crippen LogP contribution in [0.15, 0.2) is 24.8 Å². The zero-order valence-corrected chi connectivity index (χ0v) is 7.56. The number of hydrogen-bond acceptors (Lipinski definition) is 0. The molecule has 0 nitrogen and oxygen atoms in total. The minimum Gasteiger partial charge on any atom is -0.0952 e. The molecule has 0 aromatic heterocycles. The molecule has 0 spiro atoms. The molecule has 1 aliphatic carbocycles. The summed E-state index contributed by atoms with van der Waals surface area (Å²) in [7, 11) is 0. The predicted molar refractivity (Wildman–Crippen MR) is 53.2 cm³/mol. The van der Waals surface area contributed by atoms with Crippen LogP contribution in [-0.2, 0) is 6.42 Å². The van der Waals surface area contributed by atoms with Crippen LogP contribution in [0.4, 0.5) is 0 Å². The normalized spacial score (nSPS) is 15.9. The van der Waals surface area contributed by atoms with E-state index in [0.717, 1.165) is 0 Å². The molecule has 1 aliphatic rings. The van der Waals surface area contributed by atoms with E-state index in [0.29, 0.717) is 0 Å². The molecule has 62 valence electrons. The molecular weight excluding hydrogens is 144 g/mol. The van der Waals surface area contributed by atoms with E-state index in [4.69, 9.17) is 0 Å². The van der Waals surface area contributed by atoms with E-state index < -0.39 is 0 Å². The SMILES string of the molecule is C=C1CCCc2ccc(C)cc21. The standard InChI is InChI=1S/C12H14/c1-9-6-7-11-5-3-4-10(2)12(11)8-9/h6-8H,2-5H2,1H3. The molecule has 2 rings (SSSR count). The third-order valence-corrected chi connectivity index (χ3v) is 2.57.